The molecule has 2 nitrogen and oxygen atoms in total. The Morgan fingerprint density at radius 3 is 2.87 bits per heavy atom. The predicted molar refractivity (Wildman–Crippen MR) is 59.4 cm³/mol. The molecule has 0 saturated heterocycles. The monoisotopic (exact) mass is 204 g/mol. The minimum atomic E-state index is -0.0924. The molecule has 80 valence electrons. The molecule has 1 aliphatic heterocycles. The highest BCUT2D eigenvalue weighted by Gasteiger charge is 2.18. The summed E-state index contributed by atoms with van der Waals surface area (Å²) in [6.07, 6.45) is 5.01. The highest BCUT2D eigenvalue weighted by Crippen LogP contribution is 2.26. The second-order valence-electron chi connectivity index (χ2n) is 3.52. The van der Waals surface area contributed by atoms with Crippen molar-refractivity contribution in [2.45, 2.75) is 25.7 Å². The van der Waals surface area contributed by atoms with Crippen LogP contribution in [0.1, 0.15) is 25.0 Å². The van der Waals surface area contributed by atoms with Crippen molar-refractivity contribution in [3.8, 4) is 0 Å². The van der Waals surface area contributed by atoms with Gasteiger partial charge in [0.05, 0.1) is 0 Å². The van der Waals surface area contributed by atoms with Gasteiger partial charge < -0.3 is 9.47 Å². The molecule has 0 saturated carbocycles. The Balaban J connectivity index is 2.05. The number of hydrogen-bond donors (Lipinski definition) is 0. The van der Waals surface area contributed by atoms with Gasteiger partial charge >= 0.3 is 0 Å². The Hall–Kier alpha value is -1.12. The smallest absolute Gasteiger partial charge is 0.162 e. The van der Waals surface area contributed by atoms with Crippen LogP contribution in [0.3, 0.4) is 0 Å². The third kappa shape index (κ3) is 2.67. The fourth-order valence-corrected chi connectivity index (χ4v) is 1.70. The number of rotatable bonds is 3. The summed E-state index contributed by atoms with van der Waals surface area (Å²) in [5.74, 6) is 0. The SMILES string of the molecule is CCO[C@@H]1CC=C[C@@H](c2ccccc2)O1. The molecule has 0 spiro atoms. The van der Waals surface area contributed by atoms with Crippen LogP contribution in [0.25, 0.3) is 0 Å². The molecule has 0 aliphatic carbocycles. The quantitative estimate of drug-likeness (QED) is 0.704. The maximum Gasteiger partial charge on any atom is 0.162 e. The van der Waals surface area contributed by atoms with E-state index in [9.17, 15) is 0 Å². The molecule has 0 amide bonds. The third-order valence-electron chi connectivity index (χ3n) is 2.42. The van der Waals surface area contributed by atoms with E-state index in [4.69, 9.17) is 9.47 Å². The van der Waals surface area contributed by atoms with E-state index in [0.717, 1.165) is 6.42 Å². The molecule has 0 bridgehead atoms. The van der Waals surface area contributed by atoms with Crippen molar-refractivity contribution in [1.82, 2.24) is 0 Å². The van der Waals surface area contributed by atoms with Gasteiger partial charge in [-0.25, -0.2) is 0 Å². The van der Waals surface area contributed by atoms with Gasteiger partial charge in [-0.3, -0.25) is 0 Å². The number of hydrogen-bond acceptors (Lipinski definition) is 2. The van der Waals surface area contributed by atoms with Gasteiger partial charge in [0.15, 0.2) is 6.29 Å². The molecule has 0 radical (unpaired) electrons. The average Bonchev–Trinajstić information content (AvgIpc) is 2.31. The molecular weight excluding hydrogens is 188 g/mol. The zero-order valence-electron chi connectivity index (χ0n) is 8.93. The van der Waals surface area contributed by atoms with Gasteiger partial charge in [-0.2, -0.15) is 0 Å². The Kier molecular flexibility index (Phi) is 3.54. The standard InChI is InChI=1S/C13H16O2/c1-2-14-13-10-6-9-12(15-13)11-7-4-3-5-8-11/h3-9,12-13H,2,10H2,1H3/t12-,13-/m0/s1. The molecule has 1 aromatic carbocycles. The van der Waals surface area contributed by atoms with E-state index in [1.807, 2.05) is 25.1 Å². The van der Waals surface area contributed by atoms with Crippen molar-refractivity contribution in [2.75, 3.05) is 6.61 Å². The maximum atomic E-state index is 5.80. The van der Waals surface area contributed by atoms with Crippen molar-refractivity contribution in [1.29, 1.82) is 0 Å². The minimum absolute atomic E-state index is 0.0384. The van der Waals surface area contributed by atoms with Gasteiger partial charge in [0.2, 0.25) is 0 Å². The van der Waals surface area contributed by atoms with Gasteiger partial charge in [-0.1, -0.05) is 42.5 Å². The Labute approximate surface area is 90.5 Å². The van der Waals surface area contributed by atoms with Gasteiger partial charge in [0.1, 0.15) is 6.10 Å². The Bertz CT molecular complexity index is 319. The van der Waals surface area contributed by atoms with Crippen molar-refractivity contribution >= 4 is 0 Å². The van der Waals surface area contributed by atoms with Crippen LogP contribution in [0, 0.1) is 0 Å². The maximum absolute atomic E-state index is 5.80. The van der Waals surface area contributed by atoms with Crippen molar-refractivity contribution in [3.63, 3.8) is 0 Å². The Morgan fingerprint density at radius 2 is 2.13 bits per heavy atom. The van der Waals surface area contributed by atoms with E-state index in [1.54, 1.807) is 0 Å². The molecule has 1 heterocycles. The summed E-state index contributed by atoms with van der Waals surface area (Å²) in [4.78, 5) is 0. The summed E-state index contributed by atoms with van der Waals surface area (Å²) < 4.78 is 11.3. The average molecular weight is 204 g/mol. The molecule has 0 aromatic heterocycles. The van der Waals surface area contributed by atoms with Crippen LogP contribution < -0.4 is 0 Å². The Morgan fingerprint density at radius 1 is 1.33 bits per heavy atom. The molecule has 1 aliphatic rings. The lowest BCUT2D eigenvalue weighted by Crippen LogP contribution is -2.22. The van der Waals surface area contributed by atoms with Crippen LogP contribution in [0.5, 0.6) is 0 Å². The van der Waals surface area contributed by atoms with Gasteiger partial charge in [-0.15, -0.1) is 0 Å². The largest absolute Gasteiger partial charge is 0.353 e. The summed E-state index contributed by atoms with van der Waals surface area (Å²) in [7, 11) is 0. The van der Waals surface area contributed by atoms with Gasteiger partial charge in [-0.05, 0) is 12.5 Å². The van der Waals surface area contributed by atoms with E-state index in [1.165, 1.54) is 5.56 Å². The molecule has 0 N–H and O–H groups in total. The molecule has 2 rings (SSSR count). The van der Waals surface area contributed by atoms with Gasteiger partial charge in [0, 0.05) is 13.0 Å². The third-order valence-corrected chi connectivity index (χ3v) is 2.42. The fraction of sp³-hybridized carbons (Fsp3) is 0.385. The normalized spacial score (nSPS) is 25.4. The first-order valence-corrected chi connectivity index (χ1v) is 5.39. The lowest BCUT2D eigenvalue weighted by Gasteiger charge is -2.25. The zero-order chi connectivity index (χ0) is 10.5. The second-order valence-corrected chi connectivity index (χ2v) is 3.52. The number of ether oxygens (including phenoxy) is 2. The zero-order valence-corrected chi connectivity index (χ0v) is 8.93. The molecular formula is C13H16O2. The number of benzene rings is 1. The first-order valence-electron chi connectivity index (χ1n) is 5.39. The fourth-order valence-electron chi connectivity index (χ4n) is 1.70. The van der Waals surface area contributed by atoms with Crippen LogP contribution in [-0.4, -0.2) is 12.9 Å². The highest BCUT2D eigenvalue weighted by atomic mass is 16.7. The van der Waals surface area contributed by atoms with Crippen LogP contribution in [0.2, 0.25) is 0 Å². The van der Waals surface area contributed by atoms with E-state index in [-0.39, 0.29) is 12.4 Å². The lowest BCUT2D eigenvalue weighted by atomic mass is 10.1. The highest BCUT2D eigenvalue weighted by molar-refractivity contribution is 5.22. The topological polar surface area (TPSA) is 18.5 Å². The van der Waals surface area contributed by atoms with E-state index in [2.05, 4.69) is 24.3 Å². The summed E-state index contributed by atoms with van der Waals surface area (Å²) >= 11 is 0. The molecule has 2 heteroatoms. The first-order chi connectivity index (χ1) is 7.40. The van der Waals surface area contributed by atoms with Crippen molar-refractivity contribution in [3.05, 3.63) is 48.0 Å². The summed E-state index contributed by atoms with van der Waals surface area (Å²) in [6.45, 7) is 2.68. The van der Waals surface area contributed by atoms with Gasteiger partial charge in [0.25, 0.3) is 0 Å². The molecule has 2 atom stereocenters. The van der Waals surface area contributed by atoms with E-state index < -0.39 is 0 Å². The molecule has 0 unspecified atom stereocenters. The predicted octanol–water partition coefficient (Wildman–Crippen LogP) is 3.07. The molecule has 15 heavy (non-hydrogen) atoms. The van der Waals surface area contributed by atoms with Crippen LogP contribution in [0.15, 0.2) is 42.5 Å². The van der Waals surface area contributed by atoms with Crippen LogP contribution in [-0.2, 0) is 9.47 Å². The first kappa shape index (κ1) is 10.4. The van der Waals surface area contributed by atoms with E-state index >= 15 is 0 Å². The minimum Gasteiger partial charge on any atom is -0.353 e. The summed E-state index contributed by atoms with van der Waals surface area (Å²) in [5.41, 5.74) is 1.18. The summed E-state index contributed by atoms with van der Waals surface area (Å²) in [6, 6.07) is 10.2. The van der Waals surface area contributed by atoms with Crippen LogP contribution in [0.4, 0.5) is 0 Å². The summed E-state index contributed by atoms with van der Waals surface area (Å²) in [5, 5.41) is 0. The second kappa shape index (κ2) is 5.10. The van der Waals surface area contributed by atoms with Crippen molar-refractivity contribution < 1.29 is 9.47 Å². The molecule has 1 aromatic rings. The van der Waals surface area contributed by atoms with E-state index in [0.29, 0.717) is 6.61 Å². The lowest BCUT2D eigenvalue weighted by molar-refractivity contribution is -0.162. The molecule has 0 fully saturated rings. The van der Waals surface area contributed by atoms with Crippen LogP contribution >= 0.6 is 0 Å². The van der Waals surface area contributed by atoms with Crippen molar-refractivity contribution in [2.24, 2.45) is 0 Å².